The summed E-state index contributed by atoms with van der Waals surface area (Å²) in [5.74, 6) is 0. The maximum atomic E-state index is 12.2. The highest BCUT2D eigenvalue weighted by atomic mass is 32.2. The summed E-state index contributed by atoms with van der Waals surface area (Å²) in [5, 5.41) is -0.750. The maximum absolute atomic E-state index is 12.2. The van der Waals surface area contributed by atoms with Crippen LogP contribution in [0, 0.1) is 0 Å². The number of rotatable bonds is 3. The molecule has 1 N–H and O–H groups in total. The largest absolute Gasteiger partial charge is 0.438 e. The van der Waals surface area contributed by atoms with E-state index >= 15 is 0 Å². The summed E-state index contributed by atoms with van der Waals surface area (Å²) in [5.41, 5.74) is 16.8. The highest BCUT2D eigenvalue weighted by Gasteiger charge is 2.38. The average Bonchev–Trinajstić information content (AvgIpc) is 3.19. The number of fused-ring (bicyclic) bond motifs is 3. The van der Waals surface area contributed by atoms with Gasteiger partial charge in [-0.3, -0.25) is 4.55 Å². The highest BCUT2D eigenvalue weighted by molar-refractivity contribution is 8.01. The van der Waals surface area contributed by atoms with Crippen LogP contribution in [0.3, 0.4) is 0 Å². The molecule has 5 nitrogen and oxygen atoms in total. The van der Waals surface area contributed by atoms with Gasteiger partial charge in [0.1, 0.15) is 0 Å². The van der Waals surface area contributed by atoms with Crippen molar-refractivity contribution in [3.8, 4) is 33.4 Å². The van der Waals surface area contributed by atoms with Gasteiger partial charge in [0.15, 0.2) is 0 Å². The minimum atomic E-state index is -4.78. The zero-order valence-electron chi connectivity index (χ0n) is 16.9. The van der Waals surface area contributed by atoms with Gasteiger partial charge < -0.3 is 5.53 Å². The second-order valence-corrected chi connectivity index (χ2v) is 8.98. The van der Waals surface area contributed by atoms with Crippen molar-refractivity contribution in [2.75, 3.05) is 0 Å². The van der Waals surface area contributed by atoms with Crippen molar-refractivity contribution >= 4 is 15.2 Å². The molecule has 0 aliphatic heterocycles. The van der Waals surface area contributed by atoms with E-state index in [2.05, 4.69) is 4.79 Å². The first-order chi connectivity index (χ1) is 15.5. The third-order valence-corrected chi connectivity index (χ3v) is 6.58. The van der Waals surface area contributed by atoms with Crippen LogP contribution in [0.15, 0.2) is 91.0 Å². The molecule has 0 bridgehead atoms. The van der Waals surface area contributed by atoms with Gasteiger partial charge in [-0.25, -0.2) is 0 Å². The van der Waals surface area contributed by atoms with Crippen LogP contribution >= 0.6 is 0 Å². The SMILES string of the molecule is [N-]=[N+]=C(c1c(-c2ccccc2)cc(-c2ccccc2)c2c1Cc1ccccc1-2)S(=O)(=O)O. The molecule has 0 radical (unpaired) electrons. The predicted octanol–water partition coefficient (Wildman–Crippen LogP) is 5.46. The Labute approximate surface area is 186 Å². The Hall–Kier alpha value is -3.83. The first-order valence-electron chi connectivity index (χ1n) is 10.1. The summed E-state index contributed by atoms with van der Waals surface area (Å²) in [7, 11) is -4.78. The number of nitrogens with zero attached hydrogens (tertiary/aromatic N) is 2. The van der Waals surface area contributed by atoms with E-state index in [1.807, 2.05) is 91.0 Å². The number of hydrogen-bond donors (Lipinski definition) is 1. The number of benzene rings is 4. The standard InChI is InChI=1S/C26H18N2O3S/c27-28-26(32(29,30)31)25-22(18-11-5-2-6-12-18)16-21(17-9-3-1-4-10-17)24-20-14-8-7-13-19(20)15-23(24)25/h1-14,16H,15H2,(H,29,30,31). The van der Waals surface area contributed by atoms with E-state index in [1.165, 1.54) is 0 Å². The van der Waals surface area contributed by atoms with Crippen LogP contribution in [0.4, 0.5) is 0 Å². The summed E-state index contributed by atoms with van der Waals surface area (Å²) in [6, 6.07) is 29.0. The van der Waals surface area contributed by atoms with E-state index < -0.39 is 15.2 Å². The fourth-order valence-electron chi connectivity index (χ4n) is 4.50. The van der Waals surface area contributed by atoms with Gasteiger partial charge in [0.05, 0.1) is 5.56 Å². The molecule has 5 rings (SSSR count). The van der Waals surface area contributed by atoms with Crippen LogP contribution in [0.2, 0.25) is 0 Å². The van der Waals surface area contributed by atoms with E-state index in [0.29, 0.717) is 17.5 Å². The smallest absolute Gasteiger partial charge is 0.360 e. The Balaban J connectivity index is 1.97. The van der Waals surface area contributed by atoms with Crippen LogP contribution < -0.4 is 0 Å². The summed E-state index contributed by atoms with van der Waals surface area (Å²) in [6.07, 6.45) is 0.454. The van der Waals surface area contributed by atoms with Crippen LogP contribution in [-0.4, -0.2) is 22.8 Å². The van der Waals surface area contributed by atoms with Crippen LogP contribution in [0.1, 0.15) is 16.7 Å². The van der Waals surface area contributed by atoms with E-state index in [9.17, 15) is 18.5 Å². The van der Waals surface area contributed by atoms with Gasteiger partial charge in [0.25, 0.3) is 0 Å². The van der Waals surface area contributed by atoms with Crippen molar-refractivity contribution < 1.29 is 17.8 Å². The lowest BCUT2D eigenvalue weighted by atomic mass is 9.86. The molecule has 6 heteroatoms. The van der Waals surface area contributed by atoms with Gasteiger partial charge in [-0.15, -0.1) is 0 Å². The molecular formula is C26H18N2O3S. The molecule has 4 aromatic carbocycles. The monoisotopic (exact) mass is 438 g/mol. The van der Waals surface area contributed by atoms with E-state index in [4.69, 9.17) is 0 Å². The molecule has 0 saturated carbocycles. The third kappa shape index (κ3) is 3.27. The van der Waals surface area contributed by atoms with Crippen LogP contribution in [-0.2, 0) is 16.5 Å². The summed E-state index contributed by atoms with van der Waals surface area (Å²) in [6.45, 7) is 0. The normalized spacial score (nSPS) is 12.0. The Morgan fingerprint density at radius 2 is 1.34 bits per heavy atom. The topological polar surface area (TPSA) is 90.8 Å². The zero-order valence-corrected chi connectivity index (χ0v) is 17.8. The zero-order chi connectivity index (χ0) is 22.3. The molecule has 0 atom stereocenters. The highest BCUT2D eigenvalue weighted by Crippen LogP contribution is 2.47. The molecule has 1 aliphatic rings. The number of hydrogen-bond acceptors (Lipinski definition) is 2. The molecular weight excluding hydrogens is 420 g/mol. The quantitative estimate of drug-likeness (QED) is 0.133. The molecule has 0 saturated heterocycles. The van der Waals surface area contributed by atoms with Crippen molar-refractivity contribution in [3.05, 3.63) is 113 Å². The average molecular weight is 439 g/mol. The Bertz CT molecular complexity index is 1510. The van der Waals surface area contributed by atoms with Crippen molar-refractivity contribution in [3.63, 3.8) is 0 Å². The molecule has 0 spiro atoms. The summed E-state index contributed by atoms with van der Waals surface area (Å²) >= 11 is 0. The first kappa shape index (κ1) is 20.1. The fraction of sp³-hybridized carbons (Fsp3) is 0.0385. The van der Waals surface area contributed by atoms with E-state index in [-0.39, 0.29) is 5.56 Å². The minimum Gasteiger partial charge on any atom is -0.360 e. The lowest BCUT2D eigenvalue weighted by Gasteiger charge is -2.17. The van der Waals surface area contributed by atoms with Gasteiger partial charge in [-0.2, -0.15) is 13.2 Å². The lowest BCUT2D eigenvalue weighted by molar-refractivity contribution is -0.0000815. The second-order valence-electron chi connectivity index (χ2n) is 7.65. The van der Waals surface area contributed by atoms with E-state index in [0.717, 1.165) is 33.4 Å². The van der Waals surface area contributed by atoms with Crippen LogP contribution in [0.25, 0.3) is 38.9 Å². The summed E-state index contributed by atoms with van der Waals surface area (Å²) < 4.78 is 34.4. The molecule has 0 unspecified atom stereocenters. The van der Waals surface area contributed by atoms with Gasteiger partial charge >= 0.3 is 15.2 Å². The minimum absolute atomic E-state index is 0.215. The van der Waals surface area contributed by atoms with Crippen LogP contribution in [0.5, 0.6) is 0 Å². The van der Waals surface area contributed by atoms with Crippen molar-refractivity contribution in [1.82, 2.24) is 0 Å². The lowest BCUT2D eigenvalue weighted by Crippen LogP contribution is -2.19. The molecule has 0 fully saturated rings. The van der Waals surface area contributed by atoms with Crippen molar-refractivity contribution in [1.29, 1.82) is 0 Å². The van der Waals surface area contributed by atoms with Crippen molar-refractivity contribution in [2.45, 2.75) is 6.42 Å². The Morgan fingerprint density at radius 3 is 1.94 bits per heavy atom. The Kier molecular flexibility index (Phi) is 4.83. The molecule has 4 aromatic rings. The fourth-order valence-corrected chi connectivity index (χ4v) is 5.09. The Morgan fingerprint density at radius 1 is 0.781 bits per heavy atom. The molecule has 156 valence electrons. The predicted molar refractivity (Wildman–Crippen MR) is 125 cm³/mol. The third-order valence-electron chi connectivity index (χ3n) is 5.80. The molecule has 0 aromatic heterocycles. The molecule has 0 amide bonds. The maximum Gasteiger partial charge on any atom is 0.438 e. The summed E-state index contributed by atoms with van der Waals surface area (Å²) in [4.78, 5) is 3.04. The van der Waals surface area contributed by atoms with Gasteiger partial charge in [0, 0.05) is 0 Å². The molecule has 0 heterocycles. The van der Waals surface area contributed by atoms with Gasteiger partial charge in [-0.1, -0.05) is 84.9 Å². The molecule has 32 heavy (non-hydrogen) atoms. The van der Waals surface area contributed by atoms with Crippen molar-refractivity contribution in [2.24, 2.45) is 0 Å². The first-order valence-corrected chi connectivity index (χ1v) is 11.5. The molecule has 1 aliphatic carbocycles. The second kappa shape index (κ2) is 7.70. The van der Waals surface area contributed by atoms with E-state index in [1.54, 1.807) is 0 Å². The van der Waals surface area contributed by atoms with Gasteiger partial charge in [-0.05, 0) is 57.0 Å². The van der Waals surface area contributed by atoms with Gasteiger partial charge in [0.2, 0.25) is 0 Å².